The molecule has 2 aromatic carbocycles. The van der Waals surface area contributed by atoms with Gasteiger partial charge < -0.3 is 47.4 Å². The lowest BCUT2D eigenvalue weighted by atomic mass is 9.97. The van der Waals surface area contributed by atoms with Gasteiger partial charge in [-0.05, 0) is 121 Å². The lowest BCUT2D eigenvalue weighted by Crippen LogP contribution is -2.44. The molecule has 2 rings (SSSR count). The minimum Gasteiger partial charge on any atom is -0.490 e. The molecule has 0 aromatic heterocycles. The van der Waals surface area contributed by atoms with E-state index < -0.39 is 68.5 Å². The average molecular weight is 1370 g/mol. The summed E-state index contributed by atoms with van der Waals surface area (Å²) in [4.78, 5) is 103. The van der Waals surface area contributed by atoms with Crippen molar-refractivity contribution in [3.8, 4) is 23.0 Å². The number of carbonyl (C=O) groups is 9. The van der Waals surface area contributed by atoms with Crippen LogP contribution in [0.3, 0.4) is 0 Å². The number of rotatable bonds is 25. The van der Waals surface area contributed by atoms with Gasteiger partial charge in [0.1, 0.15) is 109 Å². The van der Waals surface area contributed by atoms with Gasteiger partial charge >= 0.3 is 35.8 Å². The summed E-state index contributed by atoms with van der Waals surface area (Å²) in [7, 11) is 0. The molecular weight excluding hydrogens is 1300 g/mol. The maximum absolute atomic E-state index is 11.9. The smallest absolute Gasteiger partial charge is 0.327 e. The van der Waals surface area contributed by atoms with Crippen LogP contribution in [0.4, 0.5) is 0 Å². The molecule has 0 aliphatic carbocycles. The molecule has 0 heterocycles. The van der Waals surface area contributed by atoms with E-state index in [1.807, 2.05) is 0 Å². The molecule has 0 spiro atoms. The van der Waals surface area contributed by atoms with Crippen LogP contribution in [0.15, 0.2) is 36.4 Å². The molecule has 0 unspecified atom stereocenters. The van der Waals surface area contributed by atoms with Gasteiger partial charge in [-0.25, -0.2) is 0 Å². The second-order valence-corrected chi connectivity index (χ2v) is 29.4. The average Bonchev–Trinajstić information content (AvgIpc) is 3.25. The molecule has 0 N–H and O–H groups in total. The first-order chi connectivity index (χ1) is 33.2. The zero-order chi connectivity index (χ0) is 56.8. The molecular formula is C51H71Br5O18. The quantitative estimate of drug-likeness (QED) is 0.0224. The number of benzene rings is 2. The number of carbonyl (C=O) groups excluding carboxylic acids is 9. The molecule has 0 saturated heterocycles. The molecule has 0 aliphatic heterocycles. The van der Waals surface area contributed by atoms with Crippen molar-refractivity contribution >= 4 is 134 Å². The third kappa shape index (κ3) is 30.7. The number of esters is 6. The summed E-state index contributed by atoms with van der Waals surface area (Å²) in [6.45, 7) is 23.8. The summed E-state index contributed by atoms with van der Waals surface area (Å²) in [6, 6.07) is 8.89. The van der Waals surface area contributed by atoms with Gasteiger partial charge in [0.05, 0.1) is 12.0 Å². The SMILES string of the molecule is C.CC(C)(Br)C(=O)OCCOc1cc(C=O)cc(OCCOC(=O)C(C)(C)Br)c1.CC(C)(C)C(=O)Oc1cc(C=O)cc(OC(=O)C(C)(C)Br)c1.CC(COC(=O)C(C)(C)Br)(COC(=O)C(C)(C)Br)OCCC=O. The van der Waals surface area contributed by atoms with E-state index in [0.29, 0.717) is 29.6 Å². The number of aldehydes is 3. The van der Waals surface area contributed by atoms with Crippen molar-refractivity contribution in [2.45, 2.75) is 138 Å². The summed E-state index contributed by atoms with van der Waals surface area (Å²) in [5.74, 6) is -1.62. The van der Waals surface area contributed by atoms with E-state index in [9.17, 15) is 43.2 Å². The van der Waals surface area contributed by atoms with E-state index in [1.165, 1.54) is 18.2 Å². The number of ether oxygens (including phenoxy) is 9. The zero-order valence-electron chi connectivity index (χ0n) is 43.6. The lowest BCUT2D eigenvalue weighted by Gasteiger charge is -2.30. The fourth-order valence-corrected chi connectivity index (χ4v) is 4.82. The largest absolute Gasteiger partial charge is 0.490 e. The van der Waals surface area contributed by atoms with Crippen LogP contribution in [0, 0.1) is 5.41 Å². The predicted octanol–water partition coefficient (Wildman–Crippen LogP) is 10.6. The van der Waals surface area contributed by atoms with Gasteiger partial charge in [-0.15, -0.1) is 0 Å². The van der Waals surface area contributed by atoms with Crippen molar-refractivity contribution in [1.29, 1.82) is 0 Å². The molecule has 74 heavy (non-hydrogen) atoms. The summed E-state index contributed by atoms with van der Waals surface area (Å²) >= 11 is 16.0. The molecule has 0 radical (unpaired) electrons. The van der Waals surface area contributed by atoms with Gasteiger partial charge in [0.25, 0.3) is 0 Å². The van der Waals surface area contributed by atoms with Gasteiger partial charge in [-0.3, -0.25) is 38.4 Å². The van der Waals surface area contributed by atoms with Gasteiger partial charge in [0, 0.05) is 29.7 Å². The molecule has 0 saturated carbocycles. The molecule has 418 valence electrons. The Morgan fingerprint density at radius 3 is 1.04 bits per heavy atom. The van der Waals surface area contributed by atoms with E-state index in [0.717, 1.165) is 6.29 Å². The van der Waals surface area contributed by atoms with E-state index in [2.05, 4.69) is 79.6 Å². The van der Waals surface area contributed by atoms with Crippen LogP contribution in [-0.2, 0) is 57.2 Å². The Balaban J connectivity index is 0. The van der Waals surface area contributed by atoms with E-state index in [-0.39, 0.29) is 77.2 Å². The fourth-order valence-electron chi connectivity index (χ4n) is 4.29. The van der Waals surface area contributed by atoms with Crippen molar-refractivity contribution in [2.24, 2.45) is 5.41 Å². The number of alkyl halides is 5. The minimum absolute atomic E-state index is 0. The molecule has 0 amide bonds. The molecule has 0 aliphatic rings. The first kappa shape index (κ1) is 72.3. The first-order valence-electron chi connectivity index (χ1n) is 22.3. The summed E-state index contributed by atoms with van der Waals surface area (Å²) in [5, 5.41) is 0. The van der Waals surface area contributed by atoms with Crippen LogP contribution in [0.5, 0.6) is 23.0 Å². The highest BCUT2D eigenvalue weighted by molar-refractivity contribution is 9.11. The van der Waals surface area contributed by atoms with Crippen molar-refractivity contribution in [1.82, 2.24) is 0 Å². The Morgan fingerprint density at radius 1 is 0.419 bits per heavy atom. The zero-order valence-corrected chi connectivity index (χ0v) is 51.5. The first-order valence-corrected chi connectivity index (χ1v) is 26.3. The molecule has 23 heteroatoms. The van der Waals surface area contributed by atoms with Crippen LogP contribution in [-0.4, -0.2) is 128 Å². The lowest BCUT2D eigenvalue weighted by molar-refractivity contribution is -0.170. The number of halogens is 5. The fraction of sp³-hybridized carbons (Fsp3) is 0.588. The third-order valence-corrected chi connectivity index (χ3v) is 10.0. The molecule has 0 atom stereocenters. The van der Waals surface area contributed by atoms with Gasteiger partial charge in [-0.1, -0.05) is 87.1 Å². The van der Waals surface area contributed by atoms with E-state index in [4.69, 9.17) is 42.6 Å². The second kappa shape index (κ2) is 32.1. The Bertz CT molecular complexity index is 2060. The second-order valence-electron chi connectivity index (χ2n) is 19.5. The van der Waals surface area contributed by atoms with Crippen molar-refractivity contribution in [3.63, 3.8) is 0 Å². The summed E-state index contributed by atoms with van der Waals surface area (Å²) in [6.07, 6.45) is 2.18. The normalized spacial score (nSPS) is 11.8. The Hall–Kier alpha value is -3.77. The Kier molecular flexibility index (Phi) is 31.3. The standard InChI is InChI=1S/C19H24Br2O7.C16H19BrO5.C15H24Br2O6.CH4/c1-18(2,20)16(23)27-7-5-25-14-9-13(12-22)10-15(11-14)26-6-8-28-17(24)19(3,4)21;1-15(2,3)13(19)21-11-6-10(9-18)7-12(8-11)22-14(20)16(4,5)17;1-13(2,16)11(19)21-9-15(5,23-8-6-7-18)10-22-12(20)14(3,4)17;/h9-12H,5-8H2,1-4H3;6-9H,1-5H3;7H,6,8-10H2,1-5H3;1H4. The van der Waals surface area contributed by atoms with Crippen LogP contribution >= 0.6 is 79.6 Å². The monoisotopic (exact) mass is 1370 g/mol. The molecule has 0 bridgehead atoms. The van der Waals surface area contributed by atoms with Gasteiger partial charge in [0.15, 0.2) is 0 Å². The number of hydrogen-bond donors (Lipinski definition) is 0. The van der Waals surface area contributed by atoms with Crippen LogP contribution < -0.4 is 18.9 Å². The third-order valence-electron chi connectivity index (χ3n) is 8.41. The van der Waals surface area contributed by atoms with Gasteiger partial charge in [0.2, 0.25) is 0 Å². The maximum atomic E-state index is 11.9. The summed E-state index contributed by atoms with van der Waals surface area (Å²) in [5.41, 5.74) is -1.12. The van der Waals surface area contributed by atoms with Gasteiger partial charge in [-0.2, -0.15) is 0 Å². The Labute approximate surface area is 477 Å². The molecule has 0 fully saturated rings. The topological polar surface area (TPSA) is 237 Å². The van der Waals surface area contributed by atoms with Crippen LogP contribution in [0.2, 0.25) is 0 Å². The molecule has 2 aromatic rings. The Morgan fingerprint density at radius 2 is 0.730 bits per heavy atom. The number of hydrogen-bond acceptors (Lipinski definition) is 18. The highest BCUT2D eigenvalue weighted by atomic mass is 79.9. The minimum atomic E-state index is -1.04. The van der Waals surface area contributed by atoms with Crippen molar-refractivity contribution in [2.75, 3.05) is 46.2 Å². The highest BCUT2D eigenvalue weighted by Gasteiger charge is 2.35. The van der Waals surface area contributed by atoms with Crippen molar-refractivity contribution < 1.29 is 85.8 Å². The highest BCUT2D eigenvalue weighted by Crippen LogP contribution is 2.29. The summed E-state index contributed by atoms with van der Waals surface area (Å²) < 4.78 is 43.6. The van der Waals surface area contributed by atoms with Crippen molar-refractivity contribution in [3.05, 3.63) is 47.5 Å². The van der Waals surface area contributed by atoms with Crippen LogP contribution in [0.1, 0.15) is 131 Å². The predicted molar refractivity (Wildman–Crippen MR) is 296 cm³/mol. The van der Waals surface area contributed by atoms with E-state index in [1.54, 1.807) is 115 Å². The van der Waals surface area contributed by atoms with E-state index >= 15 is 0 Å². The van der Waals surface area contributed by atoms with Crippen LogP contribution in [0.25, 0.3) is 0 Å². The molecule has 18 nitrogen and oxygen atoms in total. The maximum Gasteiger partial charge on any atom is 0.327 e.